The lowest BCUT2D eigenvalue weighted by molar-refractivity contribution is -0.141. The molecule has 1 aliphatic rings. The van der Waals surface area contributed by atoms with Gasteiger partial charge in [0, 0.05) is 12.2 Å². The van der Waals surface area contributed by atoms with Gasteiger partial charge in [0.05, 0.1) is 12.0 Å². The van der Waals surface area contributed by atoms with Crippen LogP contribution in [-0.4, -0.2) is 41.0 Å². The fourth-order valence-corrected chi connectivity index (χ4v) is 2.57. The molecule has 1 fully saturated rings. The zero-order chi connectivity index (χ0) is 15.6. The van der Waals surface area contributed by atoms with Crippen LogP contribution in [0, 0.1) is 19.8 Å². The molecule has 1 heterocycles. The Morgan fingerprint density at radius 2 is 2.00 bits per heavy atom. The summed E-state index contributed by atoms with van der Waals surface area (Å²) in [5, 5.41) is 11.9. The first-order valence-corrected chi connectivity index (χ1v) is 7.23. The third kappa shape index (κ3) is 4.21. The first-order valence-electron chi connectivity index (χ1n) is 7.23. The van der Waals surface area contributed by atoms with Crippen LogP contribution in [0.1, 0.15) is 24.5 Å². The molecule has 0 radical (unpaired) electrons. The molecule has 0 aromatic heterocycles. The first kappa shape index (κ1) is 18.5. The molecular formula is C16H23ClN2O3. The van der Waals surface area contributed by atoms with E-state index in [9.17, 15) is 9.59 Å². The van der Waals surface area contributed by atoms with E-state index in [4.69, 9.17) is 5.11 Å². The molecule has 5 nitrogen and oxygen atoms in total. The van der Waals surface area contributed by atoms with Gasteiger partial charge in [0.1, 0.15) is 0 Å². The van der Waals surface area contributed by atoms with Gasteiger partial charge in [-0.3, -0.25) is 14.5 Å². The predicted octanol–water partition coefficient (Wildman–Crippen LogP) is 2.46. The normalized spacial score (nSPS) is 19.3. The van der Waals surface area contributed by atoms with Crippen molar-refractivity contribution >= 4 is 30.0 Å². The monoisotopic (exact) mass is 326 g/mol. The summed E-state index contributed by atoms with van der Waals surface area (Å²) in [6.45, 7) is 6.95. The largest absolute Gasteiger partial charge is 0.481 e. The summed E-state index contributed by atoms with van der Waals surface area (Å²) in [6, 6.07) is 5.49. The Bertz CT molecular complexity index is 562. The number of carboxylic acid groups (broad SMARTS) is 1. The number of aliphatic carboxylic acids is 1. The van der Waals surface area contributed by atoms with Gasteiger partial charge in [-0.1, -0.05) is 6.07 Å². The van der Waals surface area contributed by atoms with Gasteiger partial charge in [-0.05, 0) is 57.0 Å². The smallest absolute Gasteiger partial charge is 0.307 e. The Balaban J connectivity index is 0.00000242. The molecule has 0 bridgehead atoms. The molecule has 0 aliphatic carbocycles. The number of aryl methyl sites for hydroxylation is 2. The van der Waals surface area contributed by atoms with Gasteiger partial charge in [0.25, 0.3) is 0 Å². The van der Waals surface area contributed by atoms with Gasteiger partial charge in [-0.15, -0.1) is 12.4 Å². The van der Waals surface area contributed by atoms with Crippen molar-refractivity contribution in [3.05, 3.63) is 29.3 Å². The second-order valence-electron chi connectivity index (χ2n) is 5.78. The van der Waals surface area contributed by atoms with Crippen LogP contribution in [0.2, 0.25) is 0 Å². The first-order chi connectivity index (χ1) is 9.88. The summed E-state index contributed by atoms with van der Waals surface area (Å²) >= 11 is 0. The molecule has 1 aromatic carbocycles. The van der Waals surface area contributed by atoms with Crippen molar-refractivity contribution in [2.24, 2.45) is 5.92 Å². The molecule has 6 heteroatoms. The lowest BCUT2D eigenvalue weighted by atomic mass is 10.1. The van der Waals surface area contributed by atoms with Crippen molar-refractivity contribution in [2.75, 3.05) is 18.4 Å². The minimum atomic E-state index is -0.778. The van der Waals surface area contributed by atoms with Gasteiger partial charge in [0.15, 0.2) is 0 Å². The summed E-state index contributed by atoms with van der Waals surface area (Å²) in [5.41, 5.74) is 3.10. The summed E-state index contributed by atoms with van der Waals surface area (Å²) in [4.78, 5) is 25.2. The van der Waals surface area contributed by atoms with Crippen LogP contribution in [-0.2, 0) is 9.59 Å². The highest BCUT2D eigenvalue weighted by atomic mass is 35.5. The third-order valence-corrected chi connectivity index (χ3v) is 4.27. The number of carboxylic acids is 1. The number of carbonyl (C=O) groups excluding carboxylic acids is 1. The van der Waals surface area contributed by atoms with Crippen molar-refractivity contribution in [1.29, 1.82) is 0 Å². The number of rotatable bonds is 4. The maximum absolute atomic E-state index is 12.3. The van der Waals surface area contributed by atoms with Gasteiger partial charge in [-0.25, -0.2) is 0 Å². The van der Waals surface area contributed by atoms with E-state index in [0.29, 0.717) is 19.5 Å². The number of hydrogen-bond donors (Lipinski definition) is 2. The fourth-order valence-electron chi connectivity index (χ4n) is 2.57. The summed E-state index contributed by atoms with van der Waals surface area (Å²) in [6.07, 6.45) is 0.608. The lowest BCUT2D eigenvalue weighted by Gasteiger charge is -2.23. The third-order valence-electron chi connectivity index (χ3n) is 4.27. The average Bonchev–Trinajstić information content (AvgIpc) is 2.92. The number of benzene rings is 1. The summed E-state index contributed by atoms with van der Waals surface area (Å²) in [5.74, 6) is -1.23. The van der Waals surface area contributed by atoms with E-state index in [2.05, 4.69) is 5.32 Å². The van der Waals surface area contributed by atoms with Crippen molar-refractivity contribution in [3.8, 4) is 0 Å². The molecule has 122 valence electrons. The molecule has 2 N–H and O–H groups in total. The zero-order valence-electron chi connectivity index (χ0n) is 13.1. The molecular weight excluding hydrogens is 304 g/mol. The maximum Gasteiger partial charge on any atom is 0.307 e. The van der Waals surface area contributed by atoms with Crippen molar-refractivity contribution in [1.82, 2.24) is 4.90 Å². The topological polar surface area (TPSA) is 69.6 Å². The zero-order valence-corrected chi connectivity index (χ0v) is 13.9. The Morgan fingerprint density at radius 1 is 1.32 bits per heavy atom. The van der Waals surface area contributed by atoms with Crippen LogP contribution in [0.4, 0.5) is 5.69 Å². The number of carbonyl (C=O) groups is 2. The van der Waals surface area contributed by atoms with Gasteiger partial charge >= 0.3 is 5.97 Å². The van der Waals surface area contributed by atoms with E-state index in [-0.39, 0.29) is 30.3 Å². The van der Waals surface area contributed by atoms with E-state index in [1.54, 1.807) is 0 Å². The number of amides is 1. The number of nitrogens with one attached hydrogen (secondary N) is 1. The highest BCUT2D eigenvalue weighted by Crippen LogP contribution is 2.20. The lowest BCUT2D eigenvalue weighted by Crippen LogP contribution is -2.41. The average molecular weight is 327 g/mol. The molecule has 1 aromatic rings. The van der Waals surface area contributed by atoms with E-state index in [0.717, 1.165) is 11.3 Å². The molecule has 22 heavy (non-hydrogen) atoms. The Hall–Kier alpha value is -1.59. The molecule has 2 rings (SSSR count). The highest BCUT2D eigenvalue weighted by Gasteiger charge is 2.33. The molecule has 1 saturated heterocycles. The molecule has 2 unspecified atom stereocenters. The number of nitrogens with zero attached hydrogens (tertiary/aromatic N) is 1. The maximum atomic E-state index is 12.3. The van der Waals surface area contributed by atoms with Crippen LogP contribution in [0.25, 0.3) is 0 Å². The second kappa shape index (κ2) is 7.61. The standard InChI is InChI=1S/C16H22N2O3.ClH/c1-10-4-5-14(8-11(10)2)17-15(19)12(3)18-7-6-13(9-18)16(20)21;/h4-5,8,12-13H,6-7,9H2,1-3H3,(H,17,19)(H,20,21);1H. The quantitative estimate of drug-likeness (QED) is 0.891. The van der Waals surface area contributed by atoms with E-state index in [1.807, 2.05) is 43.9 Å². The number of likely N-dealkylation sites (tertiary alicyclic amines) is 1. The fraction of sp³-hybridized carbons (Fsp3) is 0.500. The number of hydrogen-bond acceptors (Lipinski definition) is 3. The Labute approximate surface area is 137 Å². The Morgan fingerprint density at radius 3 is 2.55 bits per heavy atom. The van der Waals surface area contributed by atoms with Gasteiger partial charge in [-0.2, -0.15) is 0 Å². The van der Waals surface area contributed by atoms with Crippen LogP contribution in [0.15, 0.2) is 18.2 Å². The summed E-state index contributed by atoms with van der Waals surface area (Å²) < 4.78 is 0. The minimum absolute atomic E-state index is 0. The molecule has 0 saturated carbocycles. The predicted molar refractivity (Wildman–Crippen MR) is 88.6 cm³/mol. The second-order valence-corrected chi connectivity index (χ2v) is 5.78. The van der Waals surface area contributed by atoms with Crippen molar-refractivity contribution in [3.63, 3.8) is 0 Å². The van der Waals surface area contributed by atoms with E-state index >= 15 is 0 Å². The molecule has 1 amide bonds. The molecule has 1 aliphatic heterocycles. The Kier molecular flexibility index (Phi) is 6.38. The van der Waals surface area contributed by atoms with E-state index < -0.39 is 5.97 Å². The van der Waals surface area contributed by atoms with E-state index in [1.165, 1.54) is 5.56 Å². The number of anilines is 1. The minimum Gasteiger partial charge on any atom is -0.481 e. The van der Waals surface area contributed by atoms with Crippen molar-refractivity contribution in [2.45, 2.75) is 33.2 Å². The van der Waals surface area contributed by atoms with Crippen LogP contribution < -0.4 is 5.32 Å². The molecule has 2 atom stereocenters. The van der Waals surface area contributed by atoms with Gasteiger partial charge in [0.2, 0.25) is 5.91 Å². The highest BCUT2D eigenvalue weighted by molar-refractivity contribution is 5.94. The van der Waals surface area contributed by atoms with Crippen LogP contribution >= 0.6 is 12.4 Å². The van der Waals surface area contributed by atoms with Crippen LogP contribution in [0.5, 0.6) is 0 Å². The summed E-state index contributed by atoms with van der Waals surface area (Å²) in [7, 11) is 0. The molecule has 0 spiro atoms. The number of halogens is 1. The van der Waals surface area contributed by atoms with Gasteiger partial charge < -0.3 is 10.4 Å². The SMILES string of the molecule is Cc1ccc(NC(=O)C(C)N2CCC(C(=O)O)C2)cc1C.Cl. The van der Waals surface area contributed by atoms with Crippen molar-refractivity contribution < 1.29 is 14.7 Å². The van der Waals surface area contributed by atoms with Crippen LogP contribution in [0.3, 0.4) is 0 Å².